The number of benzene rings is 1. The van der Waals surface area contributed by atoms with Crippen LogP contribution in [0, 0.1) is 6.92 Å². The Hall–Kier alpha value is -1.92. The molecule has 1 saturated carbocycles. The average Bonchev–Trinajstić information content (AvgIpc) is 2.97. The summed E-state index contributed by atoms with van der Waals surface area (Å²) < 4.78 is 5.89. The molecule has 3 rings (SSSR count). The number of aliphatic hydroxyl groups is 1. The molecule has 3 atom stereocenters. The number of rotatable bonds is 5. The number of thiazole rings is 1. The molecule has 1 aromatic heterocycles. The summed E-state index contributed by atoms with van der Waals surface area (Å²) in [4.78, 5) is 16.5. The van der Waals surface area contributed by atoms with Gasteiger partial charge in [-0.2, -0.15) is 0 Å². The lowest BCUT2D eigenvalue weighted by Gasteiger charge is -2.35. The van der Waals surface area contributed by atoms with E-state index in [1.54, 1.807) is 0 Å². The number of aliphatic hydroxyl groups excluding tert-OH is 1. The molecule has 5 nitrogen and oxygen atoms in total. The maximum absolute atomic E-state index is 12.2. The van der Waals surface area contributed by atoms with E-state index >= 15 is 0 Å². The summed E-state index contributed by atoms with van der Waals surface area (Å²) in [5.74, 6) is 0.635. The van der Waals surface area contributed by atoms with Gasteiger partial charge in [0.2, 0.25) is 5.91 Å². The van der Waals surface area contributed by atoms with E-state index in [1.807, 2.05) is 42.6 Å². The molecule has 1 fully saturated rings. The Morgan fingerprint density at radius 2 is 2.17 bits per heavy atom. The fourth-order valence-electron chi connectivity index (χ4n) is 3.01. The third-order valence-electron chi connectivity index (χ3n) is 4.18. The summed E-state index contributed by atoms with van der Waals surface area (Å²) >= 11 is 1.53. The Kier molecular flexibility index (Phi) is 5.48. The minimum atomic E-state index is -0.708. The number of carbonyl (C=O) groups is 1. The van der Waals surface area contributed by atoms with E-state index in [9.17, 15) is 9.90 Å². The predicted octanol–water partition coefficient (Wildman–Crippen LogP) is 2.47. The van der Waals surface area contributed by atoms with Crippen LogP contribution < -0.4 is 10.1 Å². The van der Waals surface area contributed by atoms with Crippen LogP contribution in [0.3, 0.4) is 0 Å². The zero-order chi connectivity index (χ0) is 16.9. The van der Waals surface area contributed by atoms with E-state index in [0.717, 1.165) is 35.7 Å². The summed E-state index contributed by atoms with van der Waals surface area (Å²) in [5, 5.41) is 16.3. The van der Waals surface area contributed by atoms with E-state index < -0.39 is 6.10 Å². The van der Waals surface area contributed by atoms with Crippen molar-refractivity contribution in [3.63, 3.8) is 0 Å². The number of aryl methyl sites for hydroxylation is 1. The molecule has 1 aliphatic carbocycles. The molecule has 6 heteroatoms. The molecule has 0 unspecified atom stereocenters. The predicted molar refractivity (Wildman–Crippen MR) is 93.2 cm³/mol. The number of ether oxygens (including phenoxy) is 1. The highest BCUT2D eigenvalue weighted by molar-refractivity contribution is 7.09. The highest BCUT2D eigenvalue weighted by atomic mass is 32.1. The van der Waals surface area contributed by atoms with Crippen LogP contribution in [0.2, 0.25) is 0 Å². The number of amides is 1. The van der Waals surface area contributed by atoms with Crippen molar-refractivity contribution in [1.82, 2.24) is 10.3 Å². The van der Waals surface area contributed by atoms with Gasteiger partial charge < -0.3 is 15.2 Å². The van der Waals surface area contributed by atoms with Crippen LogP contribution in [-0.4, -0.2) is 34.2 Å². The number of para-hydroxylation sites is 1. The number of nitrogens with one attached hydrogen (secondary N) is 1. The average molecular weight is 346 g/mol. The molecule has 1 aromatic carbocycles. The van der Waals surface area contributed by atoms with Crippen molar-refractivity contribution in [2.45, 2.75) is 50.9 Å². The van der Waals surface area contributed by atoms with Crippen LogP contribution >= 0.6 is 11.3 Å². The van der Waals surface area contributed by atoms with E-state index in [1.165, 1.54) is 11.3 Å². The standard InChI is InChI=1S/C18H22N2O3S/c1-12-19-13(11-24-12)10-17(21)20-15-8-5-9-16(18(15)22)23-14-6-3-2-4-7-14/h2-4,6-7,11,15-16,18,22H,5,8-10H2,1H3,(H,20,21)/t15-,16-,18-/m1/s1. The number of hydrogen-bond donors (Lipinski definition) is 2. The topological polar surface area (TPSA) is 71.5 Å². The van der Waals surface area contributed by atoms with Crippen molar-refractivity contribution < 1.29 is 14.6 Å². The van der Waals surface area contributed by atoms with Gasteiger partial charge in [0.25, 0.3) is 0 Å². The normalized spacial score (nSPS) is 23.7. The first-order chi connectivity index (χ1) is 11.6. The van der Waals surface area contributed by atoms with Gasteiger partial charge in [-0.25, -0.2) is 4.98 Å². The zero-order valence-electron chi connectivity index (χ0n) is 13.6. The van der Waals surface area contributed by atoms with Crippen LogP contribution in [0.5, 0.6) is 5.75 Å². The highest BCUT2D eigenvalue weighted by Crippen LogP contribution is 2.24. The minimum absolute atomic E-state index is 0.107. The van der Waals surface area contributed by atoms with E-state index in [0.29, 0.717) is 0 Å². The summed E-state index contributed by atoms with van der Waals surface area (Å²) in [6.45, 7) is 1.92. The first-order valence-electron chi connectivity index (χ1n) is 8.22. The molecule has 0 aliphatic heterocycles. The van der Waals surface area contributed by atoms with Crippen LogP contribution in [0.25, 0.3) is 0 Å². The molecular formula is C18H22N2O3S. The zero-order valence-corrected chi connectivity index (χ0v) is 14.5. The van der Waals surface area contributed by atoms with E-state index in [-0.39, 0.29) is 24.5 Å². The van der Waals surface area contributed by atoms with Crippen molar-refractivity contribution in [3.05, 3.63) is 46.4 Å². The first-order valence-corrected chi connectivity index (χ1v) is 9.10. The van der Waals surface area contributed by atoms with Crippen LogP contribution in [0.15, 0.2) is 35.7 Å². The van der Waals surface area contributed by atoms with Crippen LogP contribution in [0.1, 0.15) is 30.0 Å². The Bertz CT molecular complexity index is 674. The molecule has 2 N–H and O–H groups in total. The molecule has 0 bridgehead atoms. The van der Waals surface area contributed by atoms with Gasteiger partial charge in [-0.15, -0.1) is 11.3 Å². The van der Waals surface area contributed by atoms with Gasteiger partial charge in [0.15, 0.2) is 0 Å². The Balaban J connectivity index is 1.56. The smallest absolute Gasteiger partial charge is 0.226 e. The minimum Gasteiger partial charge on any atom is -0.488 e. The summed E-state index contributed by atoms with van der Waals surface area (Å²) in [6, 6.07) is 9.20. The Labute approximate surface area is 145 Å². The lowest BCUT2D eigenvalue weighted by molar-refractivity contribution is -0.123. The molecule has 0 saturated heterocycles. The maximum Gasteiger partial charge on any atom is 0.226 e. The van der Waals surface area contributed by atoms with Crippen LogP contribution in [-0.2, 0) is 11.2 Å². The molecule has 0 spiro atoms. The maximum atomic E-state index is 12.2. The first kappa shape index (κ1) is 16.9. The molecule has 0 radical (unpaired) electrons. The van der Waals surface area contributed by atoms with E-state index in [4.69, 9.17) is 4.74 Å². The molecular weight excluding hydrogens is 324 g/mol. The molecule has 2 aromatic rings. The molecule has 128 valence electrons. The molecule has 1 amide bonds. The van der Waals surface area contributed by atoms with Crippen LogP contribution in [0.4, 0.5) is 0 Å². The fraction of sp³-hybridized carbons (Fsp3) is 0.444. The van der Waals surface area contributed by atoms with Gasteiger partial charge in [-0.3, -0.25) is 4.79 Å². The van der Waals surface area contributed by atoms with Crippen molar-refractivity contribution in [3.8, 4) is 5.75 Å². The van der Waals surface area contributed by atoms with Crippen molar-refractivity contribution in [2.75, 3.05) is 0 Å². The third kappa shape index (κ3) is 4.33. The Morgan fingerprint density at radius 3 is 2.88 bits per heavy atom. The number of nitrogens with zero attached hydrogens (tertiary/aromatic N) is 1. The second kappa shape index (κ2) is 7.77. The molecule has 1 heterocycles. The second-order valence-electron chi connectivity index (χ2n) is 6.10. The van der Waals surface area contributed by atoms with Gasteiger partial charge >= 0.3 is 0 Å². The van der Waals surface area contributed by atoms with Crippen molar-refractivity contribution in [1.29, 1.82) is 0 Å². The van der Waals surface area contributed by atoms with Gasteiger partial charge in [-0.05, 0) is 38.3 Å². The molecule has 1 aliphatic rings. The van der Waals surface area contributed by atoms with Gasteiger partial charge in [0, 0.05) is 5.38 Å². The van der Waals surface area contributed by atoms with Gasteiger partial charge in [0.1, 0.15) is 18.0 Å². The summed E-state index contributed by atoms with van der Waals surface area (Å²) in [5.41, 5.74) is 0.775. The SMILES string of the molecule is Cc1nc(CC(=O)N[C@@H]2CCC[C@@H](Oc3ccccc3)[C@@H]2O)cs1. The van der Waals surface area contributed by atoms with Gasteiger partial charge in [0.05, 0.1) is 23.2 Å². The fourth-order valence-corrected chi connectivity index (χ4v) is 3.62. The number of carbonyl (C=O) groups excluding carboxylic acids is 1. The second-order valence-corrected chi connectivity index (χ2v) is 7.16. The van der Waals surface area contributed by atoms with Gasteiger partial charge in [-0.1, -0.05) is 18.2 Å². The third-order valence-corrected chi connectivity index (χ3v) is 5.00. The Morgan fingerprint density at radius 1 is 1.38 bits per heavy atom. The van der Waals surface area contributed by atoms with Crippen molar-refractivity contribution >= 4 is 17.2 Å². The summed E-state index contributed by atoms with van der Waals surface area (Å²) in [6.07, 6.45) is 1.70. The lowest BCUT2D eigenvalue weighted by atomic mass is 9.89. The number of aromatic nitrogens is 1. The number of hydrogen-bond acceptors (Lipinski definition) is 5. The summed E-state index contributed by atoms with van der Waals surface area (Å²) in [7, 11) is 0. The van der Waals surface area contributed by atoms with E-state index in [2.05, 4.69) is 10.3 Å². The van der Waals surface area contributed by atoms with Crippen molar-refractivity contribution in [2.24, 2.45) is 0 Å². The quantitative estimate of drug-likeness (QED) is 0.872. The largest absolute Gasteiger partial charge is 0.488 e. The molecule has 24 heavy (non-hydrogen) atoms. The lowest BCUT2D eigenvalue weighted by Crippen LogP contribution is -2.53. The highest BCUT2D eigenvalue weighted by Gasteiger charge is 2.34. The monoisotopic (exact) mass is 346 g/mol.